The molecule has 1 atom stereocenters. The Balaban J connectivity index is 1.24. The summed E-state index contributed by atoms with van der Waals surface area (Å²) in [5.41, 5.74) is 5.61. The molecule has 1 aliphatic heterocycles. The number of para-hydroxylation sites is 1. The number of amidine groups is 1. The first-order chi connectivity index (χ1) is 24.1. The van der Waals surface area contributed by atoms with Crippen LogP contribution in [0.3, 0.4) is 0 Å². The molecule has 51 heavy (non-hydrogen) atoms. The molecule has 11 nitrogen and oxygen atoms in total. The van der Waals surface area contributed by atoms with Crippen LogP contribution in [0.2, 0.25) is 10.0 Å². The molecule has 0 unspecified atom stereocenters. The van der Waals surface area contributed by atoms with Crippen LogP contribution in [0.25, 0.3) is 10.9 Å². The molecule has 0 saturated carbocycles. The summed E-state index contributed by atoms with van der Waals surface area (Å²) in [6.07, 6.45) is -3.57. The average molecular weight is 766 g/mol. The maximum atomic E-state index is 13.9. The van der Waals surface area contributed by atoms with Gasteiger partial charge in [0.2, 0.25) is 15.9 Å². The molecule has 1 aliphatic rings. The van der Waals surface area contributed by atoms with E-state index in [-0.39, 0.29) is 87.3 Å². The zero-order valence-electron chi connectivity index (χ0n) is 27.1. The number of nitrogens with one attached hydrogen (secondary N) is 3. The topological polar surface area (TPSA) is 168 Å². The van der Waals surface area contributed by atoms with Crippen LogP contribution >= 0.6 is 23.2 Å². The molecule has 2 amide bonds. The number of alkyl halides is 3. The minimum Gasteiger partial charge on any atom is -0.487 e. The second-order valence-corrected chi connectivity index (χ2v) is 14.4. The van der Waals surface area contributed by atoms with Gasteiger partial charge in [-0.15, -0.1) is 0 Å². The summed E-state index contributed by atoms with van der Waals surface area (Å²) < 4.78 is 75.9. The van der Waals surface area contributed by atoms with Crippen LogP contribution in [0, 0.1) is 12.3 Å². The Hall–Kier alpha value is -4.44. The summed E-state index contributed by atoms with van der Waals surface area (Å²) in [4.78, 5) is 29.5. The second kappa shape index (κ2) is 15.4. The lowest BCUT2D eigenvalue weighted by atomic mass is 10.1. The molecule has 1 fully saturated rings. The number of aromatic nitrogens is 1. The Morgan fingerprint density at radius 1 is 1.06 bits per heavy atom. The quantitative estimate of drug-likeness (QED) is 0.0801. The fourth-order valence-corrected chi connectivity index (χ4v) is 8.22. The maximum Gasteiger partial charge on any atom is 0.417 e. The van der Waals surface area contributed by atoms with Gasteiger partial charge >= 0.3 is 6.18 Å². The van der Waals surface area contributed by atoms with E-state index in [9.17, 15) is 31.2 Å². The Morgan fingerprint density at radius 2 is 1.75 bits per heavy atom. The Kier molecular flexibility index (Phi) is 11.4. The number of halogens is 5. The number of nitrogens with two attached hydrogens (primary N) is 1. The molecular weight excluding hydrogens is 732 g/mol. The third-order valence-electron chi connectivity index (χ3n) is 8.25. The lowest BCUT2D eigenvalue weighted by Gasteiger charge is -2.24. The van der Waals surface area contributed by atoms with E-state index in [1.54, 1.807) is 24.3 Å². The number of nitrogens with zero attached hydrogens (tertiary/aromatic N) is 2. The van der Waals surface area contributed by atoms with Gasteiger partial charge < -0.3 is 21.1 Å². The molecule has 5 N–H and O–H groups in total. The van der Waals surface area contributed by atoms with Crippen LogP contribution in [0.1, 0.15) is 52.0 Å². The van der Waals surface area contributed by atoms with Crippen molar-refractivity contribution in [3.05, 3.63) is 98.7 Å². The van der Waals surface area contributed by atoms with Gasteiger partial charge in [-0.05, 0) is 62.6 Å². The number of fused-ring (bicyclic) bond motifs is 1. The van der Waals surface area contributed by atoms with E-state index in [0.29, 0.717) is 24.0 Å². The highest BCUT2D eigenvalue weighted by molar-refractivity contribution is 7.89. The van der Waals surface area contributed by atoms with Gasteiger partial charge in [0.05, 0.1) is 10.6 Å². The number of sulfonamides is 1. The first-order valence-corrected chi connectivity index (χ1v) is 17.9. The van der Waals surface area contributed by atoms with Gasteiger partial charge in [0.25, 0.3) is 5.91 Å². The fraction of sp³-hybridized carbons (Fsp3) is 0.294. The minimum absolute atomic E-state index is 0.0151. The van der Waals surface area contributed by atoms with Crippen LogP contribution in [-0.2, 0) is 27.6 Å². The molecule has 0 bridgehead atoms. The smallest absolute Gasteiger partial charge is 0.417 e. The molecule has 2 heterocycles. The van der Waals surface area contributed by atoms with E-state index in [1.165, 1.54) is 37.3 Å². The normalized spacial score (nSPS) is 15.1. The lowest BCUT2D eigenvalue weighted by molar-refractivity contribution is -0.136. The van der Waals surface area contributed by atoms with Crippen molar-refractivity contribution in [2.75, 3.05) is 19.6 Å². The molecule has 0 aliphatic carbocycles. The number of aryl methyl sites for hydroxylation is 1. The molecule has 0 spiro atoms. The van der Waals surface area contributed by atoms with Crippen molar-refractivity contribution in [3.8, 4) is 5.75 Å². The highest BCUT2D eigenvalue weighted by atomic mass is 35.5. The van der Waals surface area contributed by atoms with Crippen molar-refractivity contribution < 1.29 is 35.9 Å². The molecule has 17 heteroatoms. The van der Waals surface area contributed by atoms with E-state index >= 15 is 0 Å². The largest absolute Gasteiger partial charge is 0.487 e. The third-order valence-corrected chi connectivity index (χ3v) is 11.1. The molecule has 5 rings (SSSR count). The van der Waals surface area contributed by atoms with Crippen LogP contribution in [0.4, 0.5) is 13.2 Å². The van der Waals surface area contributed by atoms with Crippen molar-refractivity contribution >= 4 is 61.8 Å². The van der Waals surface area contributed by atoms with Crippen LogP contribution in [0.5, 0.6) is 5.75 Å². The molecule has 1 aromatic heterocycles. The number of benzene rings is 3. The van der Waals surface area contributed by atoms with Crippen molar-refractivity contribution in [1.29, 1.82) is 5.41 Å². The predicted molar refractivity (Wildman–Crippen MR) is 187 cm³/mol. The SMILES string of the molecule is Cc1cc(C(F)(F)F)c2cccc(OCc3c(Cl)ccc(S(=O)(=O)N4CCC[C@H]4C(=O)NCCCNC(=O)c4ccc(C(=N)N)cc4)c3Cl)c2n1. The van der Waals surface area contributed by atoms with Gasteiger partial charge in [-0.2, -0.15) is 17.5 Å². The Morgan fingerprint density at radius 3 is 2.43 bits per heavy atom. The molecular formula is C34H33Cl2F3N6O5S. The van der Waals surface area contributed by atoms with E-state index in [4.69, 9.17) is 39.1 Å². The van der Waals surface area contributed by atoms with Gasteiger partial charge in [-0.1, -0.05) is 47.5 Å². The van der Waals surface area contributed by atoms with Gasteiger partial charge in [0, 0.05) is 52.4 Å². The zero-order chi connectivity index (χ0) is 37.1. The monoisotopic (exact) mass is 764 g/mol. The Labute approximate surface area is 301 Å². The zero-order valence-corrected chi connectivity index (χ0v) is 29.4. The van der Waals surface area contributed by atoms with Crippen LogP contribution in [0.15, 0.2) is 65.6 Å². The molecule has 1 saturated heterocycles. The van der Waals surface area contributed by atoms with E-state index in [2.05, 4.69) is 15.6 Å². The number of carbonyl (C=O) groups is 2. The van der Waals surface area contributed by atoms with E-state index < -0.39 is 33.7 Å². The second-order valence-electron chi connectivity index (χ2n) is 11.8. The fourth-order valence-electron chi connectivity index (χ4n) is 5.70. The number of hydrogen-bond acceptors (Lipinski definition) is 7. The first-order valence-electron chi connectivity index (χ1n) is 15.7. The number of amides is 2. The lowest BCUT2D eigenvalue weighted by Crippen LogP contribution is -2.46. The van der Waals surface area contributed by atoms with Gasteiger partial charge in [0.1, 0.15) is 34.6 Å². The first kappa shape index (κ1) is 37.8. The highest BCUT2D eigenvalue weighted by Gasteiger charge is 2.40. The molecule has 3 aromatic carbocycles. The third kappa shape index (κ3) is 8.38. The predicted octanol–water partition coefficient (Wildman–Crippen LogP) is 5.82. The summed E-state index contributed by atoms with van der Waals surface area (Å²) in [5.74, 6) is -0.943. The summed E-state index contributed by atoms with van der Waals surface area (Å²) in [6.45, 7) is 1.51. The van der Waals surface area contributed by atoms with Crippen LogP contribution in [-0.4, -0.2) is 61.0 Å². The number of rotatable bonds is 12. The van der Waals surface area contributed by atoms with E-state index in [1.807, 2.05) is 0 Å². The number of pyridine rings is 1. The number of nitrogen functional groups attached to an aromatic ring is 1. The number of ether oxygens (including phenoxy) is 1. The highest BCUT2D eigenvalue weighted by Crippen LogP contribution is 2.39. The van der Waals surface area contributed by atoms with Crippen LogP contribution < -0.4 is 21.1 Å². The summed E-state index contributed by atoms with van der Waals surface area (Å²) in [7, 11) is -4.32. The number of hydrogen-bond donors (Lipinski definition) is 4. The average Bonchev–Trinajstić information content (AvgIpc) is 3.59. The van der Waals surface area contributed by atoms with Gasteiger partial charge in [-0.3, -0.25) is 15.0 Å². The Bertz CT molecular complexity index is 2100. The van der Waals surface area contributed by atoms with Gasteiger partial charge in [-0.25, -0.2) is 13.4 Å². The molecule has 270 valence electrons. The number of carbonyl (C=O) groups excluding carboxylic acids is 2. The van der Waals surface area contributed by atoms with Gasteiger partial charge in [0.15, 0.2) is 0 Å². The van der Waals surface area contributed by atoms with Crippen molar-refractivity contribution in [2.24, 2.45) is 5.73 Å². The molecule has 0 radical (unpaired) electrons. The minimum atomic E-state index is -4.63. The maximum absolute atomic E-state index is 13.9. The molecule has 4 aromatic rings. The van der Waals surface area contributed by atoms with Crippen molar-refractivity contribution in [3.63, 3.8) is 0 Å². The standard InChI is InChI=1S/C34H33Cl2F3N6O5S/c1-19-17-24(34(37,38)39)22-5-2-7-27(30(22)44-19)50-18-23-25(35)12-13-28(29(23)36)51(48,49)45-16-3-6-26(45)33(47)43-15-4-14-42-32(46)21-10-8-20(9-11-21)31(40)41/h2,5,7-13,17,26H,3-4,6,14-16,18H2,1H3,(H3,40,41)(H,42,46)(H,43,47)/t26-/m0/s1. The summed E-state index contributed by atoms with van der Waals surface area (Å²) >= 11 is 13.0. The van der Waals surface area contributed by atoms with Crippen molar-refractivity contribution in [1.82, 2.24) is 19.9 Å². The summed E-state index contributed by atoms with van der Waals surface area (Å²) in [5, 5.41) is 12.6. The van der Waals surface area contributed by atoms with E-state index in [0.717, 1.165) is 10.4 Å². The summed E-state index contributed by atoms with van der Waals surface area (Å²) in [6, 6.07) is 12.8. The van der Waals surface area contributed by atoms with Crippen molar-refractivity contribution in [2.45, 2.75) is 49.9 Å².